The fourth-order valence-corrected chi connectivity index (χ4v) is 4.18. The number of ether oxygens (including phenoxy) is 2. The number of hydrogen-bond acceptors (Lipinski definition) is 4. The molecule has 2 aliphatic rings. The third-order valence-electron chi connectivity index (χ3n) is 5.16. The predicted octanol–water partition coefficient (Wildman–Crippen LogP) is 3.40. The maximum absolute atomic E-state index is 12.2. The van der Waals surface area contributed by atoms with E-state index in [0.29, 0.717) is 19.6 Å². The molecule has 0 aromatic carbocycles. The molecule has 1 saturated heterocycles. The summed E-state index contributed by atoms with van der Waals surface area (Å²) in [6.07, 6.45) is 8.59. The van der Waals surface area contributed by atoms with E-state index >= 15 is 0 Å². The fourth-order valence-electron chi connectivity index (χ4n) is 4.18. The van der Waals surface area contributed by atoms with Crippen LogP contribution in [0.3, 0.4) is 0 Å². The molecule has 0 radical (unpaired) electrons. The number of aromatic nitrogens is 1. The normalized spacial score (nSPS) is 27.0. The average Bonchev–Trinajstić information content (AvgIpc) is 2.96. The van der Waals surface area contributed by atoms with Gasteiger partial charge in [-0.15, -0.1) is 0 Å². The molecule has 1 saturated carbocycles. The van der Waals surface area contributed by atoms with Gasteiger partial charge in [-0.25, -0.2) is 0 Å². The van der Waals surface area contributed by atoms with E-state index in [1.807, 2.05) is 31.3 Å². The summed E-state index contributed by atoms with van der Waals surface area (Å²) in [6.45, 7) is 2.99. The standard InChI is InChI=1S/C18H25NO3/c1-2-21-16(20)13-17(15-7-3-6-11-19-15)10-12-22-18(14-17)8-4-5-9-18/h3,6-7,11H,2,4-5,8-10,12-14H2,1H3/t17-/m0/s1. The Kier molecular flexibility index (Phi) is 4.48. The minimum atomic E-state index is -0.240. The molecule has 2 heterocycles. The Morgan fingerprint density at radius 3 is 2.82 bits per heavy atom. The maximum Gasteiger partial charge on any atom is 0.306 e. The van der Waals surface area contributed by atoms with E-state index in [1.165, 1.54) is 12.8 Å². The second kappa shape index (κ2) is 6.37. The second-order valence-corrected chi connectivity index (χ2v) is 6.64. The van der Waals surface area contributed by atoms with E-state index in [9.17, 15) is 4.79 Å². The first-order valence-electron chi connectivity index (χ1n) is 8.39. The van der Waals surface area contributed by atoms with Crippen molar-refractivity contribution in [2.45, 2.75) is 62.9 Å². The number of esters is 1. The molecule has 0 amide bonds. The number of rotatable bonds is 4. The van der Waals surface area contributed by atoms with Crippen molar-refractivity contribution in [1.29, 1.82) is 0 Å². The van der Waals surface area contributed by atoms with Gasteiger partial charge in [-0.1, -0.05) is 18.9 Å². The summed E-state index contributed by atoms with van der Waals surface area (Å²) < 4.78 is 11.4. The minimum Gasteiger partial charge on any atom is -0.466 e. The van der Waals surface area contributed by atoms with E-state index in [2.05, 4.69) is 4.98 Å². The van der Waals surface area contributed by atoms with Gasteiger partial charge >= 0.3 is 5.97 Å². The first-order valence-corrected chi connectivity index (χ1v) is 8.39. The first-order chi connectivity index (χ1) is 10.7. The second-order valence-electron chi connectivity index (χ2n) is 6.64. The van der Waals surface area contributed by atoms with Crippen molar-refractivity contribution in [3.63, 3.8) is 0 Å². The van der Waals surface area contributed by atoms with Crippen LogP contribution in [-0.4, -0.2) is 29.8 Å². The maximum atomic E-state index is 12.2. The summed E-state index contributed by atoms with van der Waals surface area (Å²) >= 11 is 0. The summed E-state index contributed by atoms with van der Waals surface area (Å²) in [7, 11) is 0. The number of carbonyl (C=O) groups excluding carboxylic acids is 1. The molecular weight excluding hydrogens is 278 g/mol. The van der Waals surface area contributed by atoms with Crippen molar-refractivity contribution in [3.05, 3.63) is 30.1 Å². The van der Waals surface area contributed by atoms with E-state index in [-0.39, 0.29) is 17.0 Å². The third kappa shape index (κ3) is 3.02. The zero-order valence-electron chi connectivity index (χ0n) is 13.3. The Labute approximate surface area is 132 Å². The molecule has 0 unspecified atom stereocenters. The van der Waals surface area contributed by atoms with Gasteiger partial charge in [0.15, 0.2) is 0 Å². The number of pyridine rings is 1. The highest BCUT2D eigenvalue weighted by Crippen LogP contribution is 2.49. The largest absolute Gasteiger partial charge is 0.466 e. The third-order valence-corrected chi connectivity index (χ3v) is 5.16. The highest BCUT2D eigenvalue weighted by atomic mass is 16.5. The van der Waals surface area contributed by atoms with Gasteiger partial charge in [0, 0.05) is 23.9 Å². The van der Waals surface area contributed by atoms with Crippen LogP contribution in [-0.2, 0) is 19.7 Å². The van der Waals surface area contributed by atoms with Gasteiger partial charge in [0.05, 0.1) is 18.6 Å². The zero-order valence-corrected chi connectivity index (χ0v) is 13.3. The number of carbonyl (C=O) groups is 1. The van der Waals surface area contributed by atoms with E-state index in [0.717, 1.165) is 31.4 Å². The summed E-state index contributed by atoms with van der Waals surface area (Å²) in [4.78, 5) is 16.8. The predicted molar refractivity (Wildman–Crippen MR) is 83.6 cm³/mol. The summed E-state index contributed by atoms with van der Waals surface area (Å²) in [5, 5.41) is 0. The van der Waals surface area contributed by atoms with Crippen LogP contribution in [0.15, 0.2) is 24.4 Å². The topological polar surface area (TPSA) is 48.4 Å². The van der Waals surface area contributed by atoms with Crippen LogP contribution in [0.5, 0.6) is 0 Å². The molecule has 1 aliphatic heterocycles. The summed E-state index contributed by atoms with van der Waals surface area (Å²) in [5.74, 6) is -0.122. The SMILES string of the molecule is CCOC(=O)C[C@@]1(c2ccccn2)CCOC2(CCCC2)C1. The van der Waals surface area contributed by atoms with Gasteiger partial charge in [-0.3, -0.25) is 9.78 Å². The zero-order chi connectivity index (χ0) is 15.5. The Morgan fingerprint density at radius 2 is 2.14 bits per heavy atom. The molecule has 1 aliphatic carbocycles. The van der Waals surface area contributed by atoms with E-state index in [4.69, 9.17) is 9.47 Å². The lowest BCUT2D eigenvalue weighted by Crippen LogP contribution is -2.47. The number of nitrogens with zero attached hydrogens (tertiary/aromatic N) is 1. The molecule has 22 heavy (non-hydrogen) atoms. The Morgan fingerprint density at radius 1 is 1.32 bits per heavy atom. The lowest BCUT2D eigenvalue weighted by atomic mass is 9.68. The molecule has 0 bridgehead atoms. The van der Waals surface area contributed by atoms with Crippen LogP contribution in [0.25, 0.3) is 0 Å². The average molecular weight is 303 g/mol. The Hall–Kier alpha value is -1.42. The van der Waals surface area contributed by atoms with Crippen molar-refractivity contribution < 1.29 is 14.3 Å². The Balaban J connectivity index is 1.90. The van der Waals surface area contributed by atoms with Crippen molar-refractivity contribution >= 4 is 5.97 Å². The van der Waals surface area contributed by atoms with Crippen LogP contribution >= 0.6 is 0 Å². The summed E-state index contributed by atoms with van der Waals surface area (Å²) in [6, 6.07) is 5.98. The highest BCUT2D eigenvalue weighted by molar-refractivity contribution is 5.71. The smallest absolute Gasteiger partial charge is 0.306 e. The highest BCUT2D eigenvalue weighted by Gasteiger charge is 2.49. The van der Waals surface area contributed by atoms with Gasteiger partial charge in [0.2, 0.25) is 0 Å². The van der Waals surface area contributed by atoms with Gasteiger partial charge in [-0.2, -0.15) is 0 Å². The monoisotopic (exact) mass is 303 g/mol. The molecule has 1 spiro atoms. The van der Waals surface area contributed by atoms with Crippen molar-refractivity contribution in [2.24, 2.45) is 0 Å². The Bertz CT molecular complexity index is 510. The quantitative estimate of drug-likeness (QED) is 0.800. The lowest BCUT2D eigenvalue weighted by Gasteiger charge is -2.45. The van der Waals surface area contributed by atoms with Gasteiger partial charge < -0.3 is 9.47 Å². The van der Waals surface area contributed by atoms with Crippen LogP contribution in [0.1, 0.15) is 57.6 Å². The molecule has 0 N–H and O–H groups in total. The van der Waals surface area contributed by atoms with Gasteiger partial charge in [0.1, 0.15) is 0 Å². The van der Waals surface area contributed by atoms with Crippen molar-refractivity contribution in [3.8, 4) is 0 Å². The van der Waals surface area contributed by atoms with E-state index < -0.39 is 0 Å². The fraction of sp³-hybridized carbons (Fsp3) is 0.667. The number of hydrogen-bond donors (Lipinski definition) is 0. The molecule has 120 valence electrons. The van der Waals surface area contributed by atoms with Crippen LogP contribution in [0.2, 0.25) is 0 Å². The minimum absolute atomic E-state index is 0.0533. The van der Waals surface area contributed by atoms with Gasteiger partial charge in [-0.05, 0) is 44.7 Å². The molecule has 3 rings (SSSR count). The molecule has 4 nitrogen and oxygen atoms in total. The van der Waals surface area contributed by atoms with E-state index in [1.54, 1.807) is 0 Å². The lowest BCUT2D eigenvalue weighted by molar-refractivity contribution is -0.149. The van der Waals surface area contributed by atoms with Crippen molar-refractivity contribution in [2.75, 3.05) is 13.2 Å². The first kappa shape index (κ1) is 15.5. The molecule has 2 fully saturated rings. The van der Waals surface area contributed by atoms with Crippen LogP contribution < -0.4 is 0 Å². The van der Waals surface area contributed by atoms with Crippen molar-refractivity contribution in [1.82, 2.24) is 4.98 Å². The molecule has 1 aromatic rings. The van der Waals surface area contributed by atoms with Gasteiger partial charge in [0.25, 0.3) is 0 Å². The molecule has 1 aromatic heterocycles. The van der Waals surface area contributed by atoms with Crippen LogP contribution in [0.4, 0.5) is 0 Å². The molecule has 1 atom stereocenters. The molecule has 4 heteroatoms. The summed E-state index contributed by atoms with van der Waals surface area (Å²) in [5.41, 5.74) is 0.718. The van der Waals surface area contributed by atoms with Crippen LogP contribution in [0, 0.1) is 0 Å². The molecular formula is C18H25NO3.